The van der Waals surface area contributed by atoms with Crippen molar-refractivity contribution in [1.29, 1.82) is 0 Å². The monoisotopic (exact) mass is 609 g/mol. The number of carbonyl (C=O) groups excluding carboxylic acids is 1. The third-order valence-electron chi connectivity index (χ3n) is 8.00. The van der Waals surface area contributed by atoms with Gasteiger partial charge in [0, 0.05) is 20.1 Å². The molecule has 4 heteroatoms. The summed E-state index contributed by atoms with van der Waals surface area (Å²) in [6.45, 7) is 4.60. The molecule has 5 rings (SSSR count). The molecule has 0 saturated heterocycles. The zero-order valence-electron chi connectivity index (χ0n) is 21.5. The van der Waals surface area contributed by atoms with E-state index in [-0.39, 0.29) is 24.8 Å². The average molecular weight is 610 g/mol. The molecule has 188 valence electrons. The second kappa shape index (κ2) is 11.7. The van der Waals surface area contributed by atoms with Crippen molar-refractivity contribution in [3.63, 3.8) is 0 Å². The lowest BCUT2D eigenvalue weighted by molar-refractivity contribution is 0.112. The van der Waals surface area contributed by atoms with Crippen molar-refractivity contribution in [2.75, 3.05) is 0 Å². The zero-order valence-corrected chi connectivity index (χ0v) is 24.5. The summed E-state index contributed by atoms with van der Waals surface area (Å²) < 4.78 is 5.96. The predicted molar refractivity (Wildman–Crippen MR) is 163 cm³/mol. The first-order valence-electron chi connectivity index (χ1n) is 13.6. The first kappa shape index (κ1) is 25.8. The smallest absolute Gasteiger partial charge is 0.152 e. The Bertz CT molecular complexity index is 1370. The number of benzene rings is 3. The molecule has 0 spiro atoms. The van der Waals surface area contributed by atoms with Crippen LogP contribution in [0, 0.1) is 3.15 Å². The van der Waals surface area contributed by atoms with Gasteiger partial charge in [-0.1, -0.05) is 108 Å². The van der Waals surface area contributed by atoms with Gasteiger partial charge in [0.15, 0.2) is 6.29 Å². The fraction of sp³-hybridized carbons (Fsp3) is 0.406. The maximum Gasteiger partial charge on any atom is 0.152 e. The highest BCUT2D eigenvalue weighted by Crippen LogP contribution is 2.55. The highest BCUT2D eigenvalue weighted by atomic mass is 127. The van der Waals surface area contributed by atoms with Crippen molar-refractivity contribution in [3.8, 4) is 22.3 Å². The second-order valence-corrected chi connectivity index (χ2v) is 14.3. The molecule has 1 aliphatic heterocycles. The van der Waals surface area contributed by atoms with Crippen molar-refractivity contribution in [2.24, 2.45) is 4.40 Å². The molecule has 3 aromatic carbocycles. The van der Waals surface area contributed by atoms with Crippen molar-refractivity contribution in [1.82, 2.24) is 0 Å². The Labute approximate surface area is 228 Å². The lowest BCUT2D eigenvalue weighted by Gasteiger charge is -2.33. The number of fused-ring (bicyclic) bond motifs is 4. The lowest BCUT2D eigenvalue weighted by Crippen LogP contribution is -2.25. The van der Waals surface area contributed by atoms with Gasteiger partial charge in [0.2, 0.25) is 0 Å². The summed E-state index contributed by atoms with van der Waals surface area (Å²) >= 11 is -0.263. The minimum atomic E-state index is -0.263. The Kier molecular flexibility index (Phi) is 8.42. The number of halogens is 1. The number of hydrogen-bond acceptors (Lipinski definition) is 3. The van der Waals surface area contributed by atoms with E-state index in [4.69, 9.17) is 0 Å². The van der Waals surface area contributed by atoms with E-state index in [0.29, 0.717) is 0 Å². The van der Waals surface area contributed by atoms with E-state index >= 15 is 0 Å². The van der Waals surface area contributed by atoms with Crippen LogP contribution in [0.4, 0.5) is 0 Å². The second-order valence-electron chi connectivity index (χ2n) is 10.2. The summed E-state index contributed by atoms with van der Waals surface area (Å²) in [5.41, 5.74) is 9.34. The molecule has 2 nitrogen and oxygen atoms in total. The topological polar surface area (TPSA) is 29.4 Å². The van der Waals surface area contributed by atoms with E-state index in [2.05, 4.69) is 66.8 Å². The van der Waals surface area contributed by atoms with Gasteiger partial charge in [0.05, 0.1) is 8.51 Å². The summed E-state index contributed by atoms with van der Waals surface area (Å²) in [5, 5.41) is 0.925. The Hall–Kier alpha value is -1.79. The maximum absolute atomic E-state index is 11.6. The zero-order chi connectivity index (χ0) is 25.0. The number of aldehydes is 1. The Morgan fingerprint density at radius 3 is 2.22 bits per heavy atom. The standard InChI is InChI=1S/C32H36INOS/c1-3-5-7-11-19-32(20-12-8-6-4-2)28-14-10-9-13-26(28)27-18-15-23(21-29(27)32)25-17-16-24(22-35)31-30(25)33-36-34-31/h9-10,13-18,21-22H,3-8,11-12,19-20H2,1-2H3. The molecule has 0 atom stereocenters. The Balaban J connectivity index is 1.63. The number of unbranched alkanes of at least 4 members (excludes halogenated alkanes) is 6. The third kappa shape index (κ3) is 4.76. The van der Waals surface area contributed by atoms with Crippen molar-refractivity contribution < 1.29 is 4.79 Å². The van der Waals surface area contributed by atoms with Gasteiger partial charge in [0.25, 0.3) is 0 Å². The van der Waals surface area contributed by atoms with Gasteiger partial charge in [-0.2, -0.15) is 0 Å². The molecule has 0 amide bonds. The number of rotatable bonds is 12. The number of carbonyl (C=O) groups is 1. The molecule has 0 radical (unpaired) electrons. The molecule has 36 heavy (non-hydrogen) atoms. The molecule has 3 aromatic rings. The van der Waals surface area contributed by atoms with Crippen molar-refractivity contribution >= 4 is 34.8 Å². The fourth-order valence-electron chi connectivity index (χ4n) is 6.15. The van der Waals surface area contributed by atoms with Gasteiger partial charge < -0.3 is 0 Å². The largest absolute Gasteiger partial charge is 0.298 e. The van der Waals surface area contributed by atoms with Gasteiger partial charge >= 0.3 is 0 Å². The maximum atomic E-state index is 11.6. The molecule has 2 aliphatic rings. The van der Waals surface area contributed by atoms with Crippen LogP contribution in [0.2, 0.25) is 0 Å². The van der Waals surface area contributed by atoms with E-state index in [1.54, 1.807) is 14.7 Å². The van der Waals surface area contributed by atoms with Gasteiger partial charge in [-0.05, 0) is 77.7 Å². The van der Waals surface area contributed by atoms with E-state index in [0.717, 1.165) is 17.2 Å². The Morgan fingerprint density at radius 2 is 1.50 bits per heavy atom. The molecule has 0 unspecified atom stereocenters. The number of nitrogens with zero attached hydrogens (tertiary/aromatic N) is 1. The molecule has 1 heterocycles. The van der Waals surface area contributed by atoms with Crippen LogP contribution in [0.1, 0.15) is 99.5 Å². The molecule has 0 fully saturated rings. The van der Waals surface area contributed by atoms with Crippen LogP contribution >= 0.6 is 28.5 Å². The van der Waals surface area contributed by atoms with Crippen LogP contribution in [0.25, 0.3) is 22.3 Å². The summed E-state index contributed by atoms with van der Waals surface area (Å²) in [5.74, 6) is 0. The lowest BCUT2D eigenvalue weighted by atomic mass is 9.70. The van der Waals surface area contributed by atoms with E-state index in [1.807, 2.05) is 6.07 Å². The quantitative estimate of drug-likeness (QED) is 0.0886. The van der Waals surface area contributed by atoms with Crippen LogP contribution in [-0.2, 0) is 5.41 Å². The van der Waals surface area contributed by atoms with Gasteiger partial charge in [-0.3, -0.25) is 4.79 Å². The molecule has 1 aliphatic carbocycles. The third-order valence-corrected chi connectivity index (χ3v) is 12.1. The molecular weight excluding hydrogens is 573 g/mol. The fourth-order valence-corrected chi connectivity index (χ4v) is 10.6. The summed E-state index contributed by atoms with van der Waals surface area (Å²) in [6, 6.07) is 20.5. The van der Waals surface area contributed by atoms with Crippen LogP contribution in [-0.4, -0.2) is 6.29 Å². The van der Waals surface area contributed by atoms with Crippen LogP contribution in [0.15, 0.2) is 59.0 Å². The molecular formula is C32H36INOS. The Morgan fingerprint density at radius 1 is 0.806 bits per heavy atom. The van der Waals surface area contributed by atoms with E-state index < -0.39 is 0 Å². The van der Waals surface area contributed by atoms with E-state index in [9.17, 15) is 4.79 Å². The highest BCUT2D eigenvalue weighted by Gasteiger charge is 2.42. The predicted octanol–water partition coefficient (Wildman–Crippen LogP) is 9.79. The summed E-state index contributed by atoms with van der Waals surface area (Å²) in [4.78, 5) is 11.6. The van der Waals surface area contributed by atoms with Crippen LogP contribution in [0.3, 0.4) is 0 Å². The summed E-state index contributed by atoms with van der Waals surface area (Å²) in [7, 11) is 1.66. The van der Waals surface area contributed by atoms with Gasteiger partial charge in [-0.25, -0.2) is 4.40 Å². The van der Waals surface area contributed by atoms with Crippen LogP contribution < -0.4 is 5.36 Å². The number of hydrogen-bond donors (Lipinski definition) is 0. The molecule has 0 aromatic heterocycles. The van der Waals surface area contributed by atoms with Crippen molar-refractivity contribution in [2.45, 2.75) is 83.5 Å². The minimum absolute atomic E-state index is 0.101. The van der Waals surface area contributed by atoms with Gasteiger partial charge in [0.1, 0.15) is 0 Å². The van der Waals surface area contributed by atoms with E-state index in [1.165, 1.54) is 95.2 Å². The SMILES string of the molecule is CCCCCCC1(CCCCCC)c2ccccc2-c2ccc(-c3ccc(C=O)c4c3=ISN=4)cc21. The first-order valence-corrected chi connectivity index (χ1v) is 18.0. The molecule has 0 saturated carbocycles. The highest BCUT2D eigenvalue weighted by molar-refractivity contribution is 14.2. The molecule has 0 bridgehead atoms. The van der Waals surface area contributed by atoms with Gasteiger partial charge in [-0.15, -0.1) is 0 Å². The van der Waals surface area contributed by atoms with Crippen molar-refractivity contribution in [3.05, 3.63) is 79.8 Å². The van der Waals surface area contributed by atoms with Crippen LogP contribution in [0.5, 0.6) is 0 Å². The normalized spacial score (nSPS) is 14.7. The average Bonchev–Trinajstić information content (AvgIpc) is 3.51. The first-order chi connectivity index (χ1) is 17.7. The minimum Gasteiger partial charge on any atom is -0.298 e. The molecule has 0 N–H and O–H groups in total. The summed E-state index contributed by atoms with van der Waals surface area (Å²) in [6.07, 6.45) is 13.8.